The van der Waals surface area contributed by atoms with E-state index in [4.69, 9.17) is 9.68 Å². The molecule has 15 heavy (non-hydrogen) atoms. The standard InChI is InChI=1S/C11H9BN2O/c12-5-10-7-15-11(14-10)9-3-1-8(6-13)2-4-9/h1-4,7H,5,12H2. The van der Waals surface area contributed by atoms with Crippen LogP contribution in [0.2, 0.25) is 0 Å². The van der Waals surface area contributed by atoms with Crippen LogP contribution in [0.5, 0.6) is 0 Å². The normalized spacial score (nSPS) is 9.80. The van der Waals surface area contributed by atoms with E-state index in [1.807, 2.05) is 20.0 Å². The highest BCUT2D eigenvalue weighted by atomic mass is 16.3. The fourth-order valence-corrected chi connectivity index (χ4v) is 1.29. The van der Waals surface area contributed by atoms with Crippen molar-refractivity contribution in [3.8, 4) is 17.5 Å². The van der Waals surface area contributed by atoms with Gasteiger partial charge in [0, 0.05) is 5.56 Å². The maximum atomic E-state index is 8.65. The minimum Gasteiger partial charge on any atom is -0.444 e. The molecule has 0 fully saturated rings. The minimum atomic E-state index is 0.608. The molecule has 0 spiro atoms. The zero-order valence-corrected chi connectivity index (χ0v) is 8.40. The Balaban J connectivity index is 2.33. The van der Waals surface area contributed by atoms with Gasteiger partial charge in [0.15, 0.2) is 0 Å². The maximum absolute atomic E-state index is 8.65. The van der Waals surface area contributed by atoms with Crippen LogP contribution >= 0.6 is 0 Å². The summed E-state index contributed by atoms with van der Waals surface area (Å²) in [6, 6.07) is 9.26. The summed E-state index contributed by atoms with van der Waals surface area (Å²) in [5.74, 6) is 0.608. The van der Waals surface area contributed by atoms with Gasteiger partial charge in [-0.1, -0.05) is 0 Å². The molecular weight excluding hydrogens is 187 g/mol. The third-order valence-electron chi connectivity index (χ3n) is 2.17. The van der Waals surface area contributed by atoms with Crippen LogP contribution in [0.4, 0.5) is 0 Å². The number of rotatable bonds is 2. The van der Waals surface area contributed by atoms with Gasteiger partial charge in [-0.25, -0.2) is 4.98 Å². The molecule has 4 heteroatoms. The molecule has 1 aromatic carbocycles. The highest BCUT2D eigenvalue weighted by molar-refractivity contribution is 6.08. The molecule has 0 aliphatic carbocycles. The predicted octanol–water partition coefficient (Wildman–Crippen LogP) is 1.35. The lowest BCUT2D eigenvalue weighted by atomic mass is 10.0. The number of nitrogens with zero attached hydrogens (tertiary/aromatic N) is 2. The topological polar surface area (TPSA) is 49.8 Å². The third-order valence-corrected chi connectivity index (χ3v) is 2.17. The SMILES string of the molecule is BCc1coc(-c2ccc(C#N)cc2)n1. The highest BCUT2D eigenvalue weighted by Crippen LogP contribution is 2.18. The summed E-state index contributed by atoms with van der Waals surface area (Å²) in [4.78, 5) is 4.30. The van der Waals surface area contributed by atoms with Gasteiger partial charge in [0.2, 0.25) is 5.89 Å². The number of oxazole rings is 1. The summed E-state index contributed by atoms with van der Waals surface area (Å²) in [5, 5.41) is 8.65. The first kappa shape index (κ1) is 9.54. The Morgan fingerprint density at radius 1 is 1.33 bits per heavy atom. The average Bonchev–Trinajstić information content (AvgIpc) is 2.78. The van der Waals surface area contributed by atoms with Crippen LogP contribution in [0.1, 0.15) is 11.3 Å². The second kappa shape index (κ2) is 4.01. The maximum Gasteiger partial charge on any atom is 0.226 e. The zero-order chi connectivity index (χ0) is 10.7. The van der Waals surface area contributed by atoms with Crippen LogP contribution in [0.3, 0.4) is 0 Å². The number of nitriles is 1. The van der Waals surface area contributed by atoms with Crippen LogP contribution < -0.4 is 0 Å². The van der Waals surface area contributed by atoms with Gasteiger partial charge in [-0.15, -0.1) is 0 Å². The van der Waals surface area contributed by atoms with Crippen molar-refractivity contribution in [2.75, 3.05) is 0 Å². The Kier molecular flexibility index (Phi) is 2.55. The highest BCUT2D eigenvalue weighted by Gasteiger charge is 2.04. The Morgan fingerprint density at radius 2 is 2.07 bits per heavy atom. The molecule has 0 aliphatic rings. The monoisotopic (exact) mass is 196 g/mol. The lowest BCUT2D eigenvalue weighted by molar-refractivity contribution is 0.573. The Hall–Kier alpha value is -2.02. The van der Waals surface area contributed by atoms with Crippen LogP contribution in [0, 0.1) is 11.3 Å². The minimum absolute atomic E-state index is 0.608. The molecular formula is C11H9BN2O. The van der Waals surface area contributed by atoms with Crippen molar-refractivity contribution >= 4 is 7.85 Å². The number of hydrogen-bond donors (Lipinski definition) is 0. The molecule has 0 radical (unpaired) electrons. The van der Waals surface area contributed by atoms with Crippen molar-refractivity contribution in [3.05, 3.63) is 41.8 Å². The third kappa shape index (κ3) is 1.91. The molecule has 0 saturated carbocycles. The lowest BCUT2D eigenvalue weighted by Gasteiger charge is -1.94. The second-order valence-corrected chi connectivity index (χ2v) is 3.19. The van der Waals surface area contributed by atoms with Crippen LogP contribution in [0.15, 0.2) is 34.9 Å². The Labute approximate surface area is 88.8 Å². The number of aromatic nitrogens is 1. The van der Waals surface area contributed by atoms with Crippen LogP contribution in [-0.4, -0.2) is 12.8 Å². The molecule has 72 valence electrons. The van der Waals surface area contributed by atoms with E-state index in [2.05, 4.69) is 11.1 Å². The molecule has 0 amide bonds. The summed E-state index contributed by atoms with van der Waals surface area (Å²) in [6.07, 6.45) is 2.52. The Bertz CT molecular complexity index is 496. The molecule has 0 bridgehead atoms. The first-order chi connectivity index (χ1) is 7.33. The van der Waals surface area contributed by atoms with E-state index in [0.29, 0.717) is 11.5 Å². The zero-order valence-electron chi connectivity index (χ0n) is 8.40. The van der Waals surface area contributed by atoms with Gasteiger partial charge in [-0.2, -0.15) is 5.26 Å². The smallest absolute Gasteiger partial charge is 0.226 e. The molecule has 2 aromatic rings. The molecule has 1 heterocycles. The molecule has 0 N–H and O–H groups in total. The van der Waals surface area contributed by atoms with E-state index >= 15 is 0 Å². The summed E-state index contributed by atoms with van der Waals surface area (Å²) in [5.41, 5.74) is 2.48. The number of benzene rings is 1. The van der Waals surface area contributed by atoms with Crippen molar-refractivity contribution in [2.45, 2.75) is 6.32 Å². The van der Waals surface area contributed by atoms with E-state index in [0.717, 1.165) is 17.6 Å². The molecule has 0 aliphatic heterocycles. The Morgan fingerprint density at radius 3 is 2.60 bits per heavy atom. The first-order valence-electron chi connectivity index (χ1n) is 4.78. The van der Waals surface area contributed by atoms with E-state index in [9.17, 15) is 0 Å². The summed E-state index contributed by atoms with van der Waals surface area (Å²) in [7, 11) is 2.03. The first-order valence-corrected chi connectivity index (χ1v) is 4.78. The van der Waals surface area contributed by atoms with E-state index in [1.165, 1.54) is 0 Å². The van der Waals surface area contributed by atoms with Gasteiger partial charge in [-0.05, 0) is 30.6 Å². The average molecular weight is 196 g/mol. The van der Waals surface area contributed by atoms with E-state index in [-0.39, 0.29) is 0 Å². The lowest BCUT2D eigenvalue weighted by Crippen LogP contribution is -1.83. The van der Waals surface area contributed by atoms with Crippen molar-refractivity contribution in [3.63, 3.8) is 0 Å². The van der Waals surface area contributed by atoms with Gasteiger partial charge in [-0.3, -0.25) is 0 Å². The summed E-state index contributed by atoms with van der Waals surface area (Å²) in [6.45, 7) is 0. The van der Waals surface area contributed by atoms with Gasteiger partial charge in [0.1, 0.15) is 14.1 Å². The van der Waals surface area contributed by atoms with Crippen molar-refractivity contribution in [2.24, 2.45) is 0 Å². The quantitative estimate of drug-likeness (QED) is 0.681. The summed E-state index contributed by atoms with van der Waals surface area (Å²) >= 11 is 0. The van der Waals surface area contributed by atoms with E-state index in [1.54, 1.807) is 18.4 Å². The fraction of sp³-hybridized carbons (Fsp3) is 0.0909. The fourth-order valence-electron chi connectivity index (χ4n) is 1.29. The van der Waals surface area contributed by atoms with Gasteiger partial charge in [0.05, 0.1) is 17.3 Å². The van der Waals surface area contributed by atoms with Gasteiger partial charge < -0.3 is 4.42 Å². The molecule has 0 unspecified atom stereocenters. The van der Waals surface area contributed by atoms with Gasteiger partial charge in [0.25, 0.3) is 0 Å². The number of hydrogen-bond acceptors (Lipinski definition) is 3. The molecule has 0 atom stereocenters. The molecule has 1 aromatic heterocycles. The molecule has 3 nitrogen and oxygen atoms in total. The van der Waals surface area contributed by atoms with E-state index < -0.39 is 0 Å². The largest absolute Gasteiger partial charge is 0.444 e. The summed E-state index contributed by atoms with van der Waals surface area (Å²) < 4.78 is 5.32. The van der Waals surface area contributed by atoms with Crippen molar-refractivity contribution < 1.29 is 4.42 Å². The van der Waals surface area contributed by atoms with Crippen LogP contribution in [0.25, 0.3) is 11.5 Å². The van der Waals surface area contributed by atoms with Crippen LogP contribution in [-0.2, 0) is 6.32 Å². The van der Waals surface area contributed by atoms with Crippen molar-refractivity contribution in [1.82, 2.24) is 4.98 Å². The second-order valence-electron chi connectivity index (χ2n) is 3.19. The van der Waals surface area contributed by atoms with Crippen molar-refractivity contribution in [1.29, 1.82) is 5.26 Å². The predicted molar refractivity (Wildman–Crippen MR) is 58.9 cm³/mol. The molecule has 0 saturated heterocycles. The van der Waals surface area contributed by atoms with Gasteiger partial charge >= 0.3 is 0 Å². The molecule has 2 rings (SSSR count).